The molecular formula is C19H26N4O6S. The van der Waals surface area contributed by atoms with Crippen LogP contribution in [0.1, 0.15) is 38.8 Å². The maximum atomic E-state index is 12.3. The number of amides is 1. The normalized spacial score (nSPS) is 24.0. The van der Waals surface area contributed by atoms with Gasteiger partial charge in [0.2, 0.25) is 5.91 Å². The van der Waals surface area contributed by atoms with Crippen LogP contribution in [0, 0.1) is 11.8 Å². The van der Waals surface area contributed by atoms with E-state index in [9.17, 15) is 24.6 Å². The van der Waals surface area contributed by atoms with Crippen LogP contribution >= 0.6 is 11.8 Å². The van der Waals surface area contributed by atoms with Gasteiger partial charge in [0.25, 0.3) is 0 Å². The smallest absolute Gasteiger partial charge is 0.353 e. The van der Waals surface area contributed by atoms with Gasteiger partial charge in [-0.2, -0.15) is 0 Å². The fraction of sp³-hybridized carbons (Fsp3) is 0.632. The van der Waals surface area contributed by atoms with E-state index in [0.717, 1.165) is 5.69 Å². The van der Waals surface area contributed by atoms with Gasteiger partial charge < -0.3 is 20.2 Å². The zero-order chi connectivity index (χ0) is 22.0. The summed E-state index contributed by atoms with van der Waals surface area (Å²) in [5.74, 6) is -2.40. The second-order valence-electron chi connectivity index (χ2n) is 7.69. The molecule has 1 aromatic rings. The van der Waals surface area contributed by atoms with Crippen molar-refractivity contribution in [3.8, 4) is 0 Å². The number of carboxylic acid groups (broad SMARTS) is 2. The lowest BCUT2D eigenvalue weighted by Gasteiger charge is -2.46. The molecule has 2 aliphatic rings. The van der Waals surface area contributed by atoms with Crippen molar-refractivity contribution in [2.75, 3.05) is 5.75 Å². The molecule has 1 fully saturated rings. The highest BCUT2D eigenvalue weighted by Crippen LogP contribution is 2.50. The molecule has 0 radical (unpaired) electrons. The third-order valence-electron chi connectivity index (χ3n) is 5.54. The number of aryl methyl sites for hydroxylation is 2. The van der Waals surface area contributed by atoms with Crippen LogP contribution in [0.25, 0.3) is 0 Å². The predicted octanol–water partition coefficient (Wildman–Crippen LogP) is 0.962. The molecule has 10 nitrogen and oxygen atoms in total. The van der Waals surface area contributed by atoms with E-state index in [1.807, 2.05) is 13.1 Å². The fourth-order valence-corrected chi connectivity index (χ4v) is 5.35. The lowest BCUT2D eigenvalue weighted by molar-refractivity contribution is -0.163. The monoisotopic (exact) mass is 438 g/mol. The third kappa shape index (κ3) is 4.36. The summed E-state index contributed by atoms with van der Waals surface area (Å²) in [5, 5.41) is 36.3. The van der Waals surface area contributed by atoms with Crippen molar-refractivity contribution >= 4 is 29.6 Å². The Hall–Kier alpha value is -2.40. The summed E-state index contributed by atoms with van der Waals surface area (Å²) in [5.41, 5.74) is 0.798. The lowest BCUT2D eigenvalue weighted by Crippen LogP contribution is -2.63. The minimum absolute atomic E-state index is 0.0292. The van der Waals surface area contributed by atoms with E-state index in [0.29, 0.717) is 36.5 Å². The van der Waals surface area contributed by atoms with Gasteiger partial charge >= 0.3 is 11.9 Å². The third-order valence-corrected chi connectivity index (χ3v) is 6.83. The molecule has 3 rings (SSSR count). The highest BCUT2D eigenvalue weighted by molar-refractivity contribution is 8.03. The van der Waals surface area contributed by atoms with Crippen molar-refractivity contribution in [2.45, 2.75) is 58.2 Å². The summed E-state index contributed by atoms with van der Waals surface area (Å²) in [6, 6.07) is -0.308. The van der Waals surface area contributed by atoms with Gasteiger partial charge in [0.15, 0.2) is 0 Å². The molecule has 0 unspecified atom stereocenters. The van der Waals surface area contributed by atoms with E-state index < -0.39 is 24.0 Å². The number of nitrogens with zero attached hydrogens (tertiary/aromatic N) is 4. The second-order valence-corrected chi connectivity index (χ2v) is 8.83. The van der Waals surface area contributed by atoms with Crippen LogP contribution in [0.3, 0.4) is 0 Å². The number of unbranched alkanes of at least 4 members (excludes halogenated alkanes) is 1. The van der Waals surface area contributed by atoms with Crippen molar-refractivity contribution in [1.82, 2.24) is 19.9 Å². The number of hydrogen-bond acceptors (Lipinski definition) is 7. The number of β-lactam (4-membered cyclic amide) rings is 1. The van der Waals surface area contributed by atoms with Gasteiger partial charge in [-0.25, -0.2) is 4.79 Å². The molecule has 1 saturated heterocycles. The molecule has 3 heterocycles. The van der Waals surface area contributed by atoms with Crippen LogP contribution < -0.4 is 0 Å². The maximum absolute atomic E-state index is 12.3. The van der Waals surface area contributed by atoms with Gasteiger partial charge in [-0.05, 0) is 19.8 Å². The molecule has 2 aliphatic heterocycles. The van der Waals surface area contributed by atoms with Crippen LogP contribution in [-0.4, -0.2) is 71.0 Å². The zero-order valence-electron chi connectivity index (χ0n) is 16.9. The first kappa shape index (κ1) is 22.3. The van der Waals surface area contributed by atoms with Gasteiger partial charge in [0.05, 0.1) is 23.8 Å². The number of thioether (sulfide) groups is 1. The summed E-state index contributed by atoms with van der Waals surface area (Å²) in [7, 11) is 0. The Morgan fingerprint density at radius 1 is 1.30 bits per heavy atom. The molecule has 1 aromatic heterocycles. The number of fused-ring (bicyclic) bond motifs is 1. The first-order valence-electron chi connectivity index (χ1n) is 9.94. The number of hydrogen-bond donors (Lipinski definition) is 3. The number of carbonyl (C=O) groups excluding carboxylic acids is 1. The minimum atomic E-state index is -1.13. The van der Waals surface area contributed by atoms with E-state index in [-0.39, 0.29) is 30.0 Å². The highest BCUT2D eigenvalue weighted by atomic mass is 32.2. The van der Waals surface area contributed by atoms with Gasteiger partial charge in [-0.3, -0.25) is 14.3 Å². The van der Waals surface area contributed by atoms with Crippen LogP contribution in [0.4, 0.5) is 0 Å². The van der Waals surface area contributed by atoms with Crippen LogP contribution in [-0.2, 0) is 27.3 Å². The number of carbonyl (C=O) groups is 3. The molecule has 0 saturated carbocycles. The first-order chi connectivity index (χ1) is 14.2. The summed E-state index contributed by atoms with van der Waals surface area (Å²) in [6.45, 7) is 4.05. The average molecular weight is 439 g/mol. The van der Waals surface area contributed by atoms with Gasteiger partial charge in [0.1, 0.15) is 5.70 Å². The summed E-state index contributed by atoms with van der Waals surface area (Å²) in [6.07, 6.45) is 2.99. The lowest BCUT2D eigenvalue weighted by atomic mass is 9.79. The van der Waals surface area contributed by atoms with Crippen molar-refractivity contribution in [3.63, 3.8) is 0 Å². The molecule has 0 aromatic carbocycles. The van der Waals surface area contributed by atoms with Gasteiger partial charge in [-0.15, -0.1) is 16.9 Å². The molecule has 11 heteroatoms. The largest absolute Gasteiger partial charge is 0.481 e. The number of aromatic nitrogens is 3. The number of carboxylic acids is 2. The Kier molecular flexibility index (Phi) is 6.81. The van der Waals surface area contributed by atoms with Crippen molar-refractivity contribution in [2.24, 2.45) is 11.8 Å². The Balaban J connectivity index is 1.56. The van der Waals surface area contributed by atoms with E-state index in [1.165, 1.54) is 16.7 Å². The van der Waals surface area contributed by atoms with Crippen molar-refractivity contribution in [1.29, 1.82) is 0 Å². The fourth-order valence-electron chi connectivity index (χ4n) is 4.09. The first-order valence-corrected chi connectivity index (χ1v) is 10.9. The van der Waals surface area contributed by atoms with E-state index in [2.05, 4.69) is 10.3 Å². The standard InChI is InChI=1S/C19H26N4O6S/c1-10-15-14(11(2)24)18(27)23(15)16(19(28)29)17(10)30-8-6-12-9-22(21-20-12)7-4-3-5-13(25)26/h9-11,14-15,24H,3-8H2,1-2H3,(H,25,26)(H,28,29)/t10-,11-,14-,15-/m1/s1. The van der Waals surface area contributed by atoms with Gasteiger partial charge in [0, 0.05) is 42.2 Å². The zero-order valence-corrected chi connectivity index (χ0v) is 17.7. The highest BCUT2D eigenvalue weighted by Gasteiger charge is 2.59. The second kappa shape index (κ2) is 9.17. The molecule has 0 aliphatic carbocycles. The Morgan fingerprint density at radius 2 is 2.03 bits per heavy atom. The van der Waals surface area contributed by atoms with E-state index in [1.54, 1.807) is 11.6 Å². The molecule has 164 valence electrons. The quantitative estimate of drug-likeness (QED) is 0.340. The molecule has 4 atom stereocenters. The summed E-state index contributed by atoms with van der Waals surface area (Å²) >= 11 is 1.40. The van der Waals surface area contributed by atoms with E-state index >= 15 is 0 Å². The van der Waals surface area contributed by atoms with Crippen LogP contribution in [0.15, 0.2) is 16.8 Å². The number of aliphatic carboxylic acids is 2. The topological polar surface area (TPSA) is 146 Å². The van der Waals surface area contributed by atoms with Crippen molar-refractivity contribution < 1.29 is 29.7 Å². The number of rotatable bonds is 11. The van der Waals surface area contributed by atoms with E-state index in [4.69, 9.17) is 5.11 Å². The molecule has 30 heavy (non-hydrogen) atoms. The predicted molar refractivity (Wildman–Crippen MR) is 107 cm³/mol. The summed E-state index contributed by atoms with van der Waals surface area (Å²) in [4.78, 5) is 36.6. The number of aliphatic hydroxyl groups is 1. The maximum Gasteiger partial charge on any atom is 0.353 e. The average Bonchev–Trinajstić information content (AvgIpc) is 3.20. The minimum Gasteiger partial charge on any atom is -0.481 e. The SMILES string of the molecule is C[C@@H](O)[C@H]1C(=O)N2C(C(=O)O)=C(SCCc3cn(CCCCC(=O)O)nn3)[C@H](C)[C@H]12. The van der Waals surface area contributed by atoms with Crippen LogP contribution in [0.5, 0.6) is 0 Å². The molecular weight excluding hydrogens is 412 g/mol. The number of aliphatic hydroxyl groups excluding tert-OH is 1. The molecule has 3 N–H and O–H groups in total. The Bertz CT molecular complexity index is 867. The Morgan fingerprint density at radius 3 is 2.67 bits per heavy atom. The van der Waals surface area contributed by atoms with Crippen molar-refractivity contribution in [3.05, 3.63) is 22.5 Å². The van der Waals surface area contributed by atoms with Crippen LogP contribution in [0.2, 0.25) is 0 Å². The molecule has 0 spiro atoms. The summed E-state index contributed by atoms with van der Waals surface area (Å²) < 4.78 is 1.68. The Labute approximate surface area is 177 Å². The molecule has 1 amide bonds. The van der Waals surface area contributed by atoms with Gasteiger partial charge in [-0.1, -0.05) is 12.1 Å². The molecule has 0 bridgehead atoms.